The zero-order valence-corrected chi connectivity index (χ0v) is 12.5. The van der Waals surface area contributed by atoms with E-state index >= 15 is 0 Å². The van der Waals surface area contributed by atoms with Gasteiger partial charge >= 0.3 is 0 Å². The van der Waals surface area contributed by atoms with Crippen LogP contribution in [-0.2, 0) is 6.42 Å². The number of nitrogens with two attached hydrogens (primary N) is 1. The first-order chi connectivity index (χ1) is 9.11. The molecule has 19 heavy (non-hydrogen) atoms. The second-order valence-corrected chi connectivity index (χ2v) is 6.52. The van der Waals surface area contributed by atoms with Crippen LogP contribution >= 0.6 is 0 Å². The van der Waals surface area contributed by atoms with Crippen molar-refractivity contribution in [2.75, 3.05) is 26.2 Å². The van der Waals surface area contributed by atoms with E-state index in [9.17, 15) is 0 Å². The average molecular weight is 260 g/mol. The summed E-state index contributed by atoms with van der Waals surface area (Å²) in [7, 11) is 0. The van der Waals surface area contributed by atoms with Crippen molar-refractivity contribution in [3.8, 4) is 0 Å². The summed E-state index contributed by atoms with van der Waals surface area (Å²) in [4.78, 5) is 2.60. The molecule has 0 amide bonds. The Labute approximate surface area is 118 Å². The zero-order valence-electron chi connectivity index (χ0n) is 12.5. The van der Waals surface area contributed by atoms with Crippen LogP contribution in [0.15, 0.2) is 24.3 Å². The van der Waals surface area contributed by atoms with Crippen molar-refractivity contribution in [2.24, 2.45) is 11.1 Å². The number of nitrogens with zero attached hydrogens (tertiary/aromatic N) is 1. The molecule has 0 spiro atoms. The van der Waals surface area contributed by atoms with Crippen molar-refractivity contribution in [2.45, 2.75) is 39.5 Å². The molecule has 1 saturated heterocycles. The van der Waals surface area contributed by atoms with E-state index in [1.54, 1.807) is 0 Å². The summed E-state index contributed by atoms with van der Waals surface area (Å²) in [5, 5.41) is 0. The zero-order chi connectivity index (χ0) is 13.7. The molecule has 0 radical (unpaired) electrons. The highest BCUT2D eigenvalue weighted by atomic mass is 15.1. The Balaban J connectivity index is 2.00. The molecule has 0 bridgehead atoms. The van der Waals surface area contributed by atoms with Crippen LogP contribution < -0.4 is 5.73 Å². The summed E-state index contributed by atoms with van der Waals surface area (Å²) in [5.41, 5.74) is 9.05. The highest BCUT2D eigenvalue weighted by Gasteiger charge is 2.26. The van der Waals surface area contributed by atoms with Gasteiger partial charge in [-0.3, -0.25) is 0 Å². The van der Waals surface area contributed by atoms with Crippen molar-refractivity contribution in [1.29, 1.82) is 0 Å². The minimum Gasteiger partial charge on any atom is -0.330 e. The number of likely N-dealkylation sites (tertiary alicyclic amines) is 1. The Hall–Kier alpha value is -0.860. The lowest BCUT2D eigenvalue weighted by Crippen LogP contribution is -2.44. The number of rotatable bonds is 5. The molecule has 2 heteroatoms. The molecule has 2 nitrogen and oxygen atoms in total. The minimum absolute atomic E-state index is 0.200. The standard InChI is InChI=1S/C17H28N2/c1-15-7-6-8-16(11-15)12-17(2,13-18)14-19-9-4-3-5-10-19/h6-8,11H,3-5,9-10,12-14,18H2,1-2H3. The van der Waals surface area contributed by atoms with Crippen LogP contribution in [0.25, 0.3) is 0 Å². The average Bonchev–Trinajstić information content (AvgIpc) is 2.40. The van der Waals surface area contributed by atoms with E-state index in [1.807, 2.05) is 0 Å². The van der Waals surface area contributed by atoms with Gasteiger partial charge in [0.1, 0.15) is 0 Å². The Morgan fingerprint density at radius 2 is 1.95 bits per heavy atom. The quantitative estimate of drug-likeness (QED) is 0.882. The van der Waals surface area contributed by atoms with Crippen molar-refractivity contribution >= 4 is 0 Å². The van der Waals surface area contributed by atoms with Crippen LogP contribution in [0.1, 0.15) is 37.3 Å². The topological polar surface area (TPSA) is 29.3 Å². The van der Waals surface area contributed by atoms with Crippen molar-refractivity contribution < 1.29 is 0 Å². The van der Waals surface area contributed by atoms with Crippen LogP contribution in [0.5, 0.6) is 0 Å². The molecule has 1 unspecified atom stereocenters. The normalized spacial score (nSPS) is 20.2. The summed E-state index contributed by atoms with van der Waals surface area (Å²) in [6.07, 6.45) is 5.19. The van der Waals surface area contributed by atoms with Gasteiger partial charge in [0.15, 0.2) is 0 Å². The second-order valence-electron chi connectivity index (χ2n) is 6.52. The van der Waals surface area contributed by atoms with E-state index in [2.05, 4.69) is 43.0 Å². The maximum atomic E-state index is 6.08. The third-order valence-electron chi connectivity index (χ3n) is 4.26. The molecule has 1 aliphatic heterocycles. The monoisotopic (exact) mass is 260 g/mol. The Morgan fingerprint density at radius 1 is 1.21 bits per heavy atom. The van der Waals surface area contributed by atoms with E-state index in [-0.39, 0.29) is 5.41 Å². The van der Waals surface area contributed by atoms with Crippen LogP contribution in [0.3, 0.4) is 0 Å². The smallest absolute Gasteiger partial charge is 0.00506 e. The van der Waals surface area contributed by atoms with Crippen LogP contribution in [0.4, 0.5) is 0 Å². The molecule has 2 N–H and O–H groups in total. The number of benzene rings is 1. The number of hydrogen-bond acceptors (Lipinski definition) is 2. The van der Waals surface area contributed by atoms with Gasteiger partial charge in [0.25, 0.3) is 0 Å². The fraction of sp³-hybridized carbons (Fsp3) is 0.647. The maximum absolute atomic E-state index is 6.08. The summed E-state index contributed by atoms with van der Waals surface area (Å²) in [6.45, 7) is 8.90. The predicted molar refractivity (Wildman–Crippen MR) is 82.3 cm³/mol. The van der Waals surface area contributed by atoms with Gasteiger partial charge in [0.05, 0.1) is 0 Å². The SMILES string of the molecule is Cc1cccc(CC(C)(CN)CN2CCCCC2)c1. The lowest BCUT2D eigenvalue weighted by molar-refractivity contribution is 0.145. The van der Waals surface area contributed by atoms with Gasteiger partial charge in [-0.1, -0.05) is 43.2 Å². The molecule has 1 aromatic carbocycles. The lowest BCUT2D eigenvalue weighted by Gasteiger charge is -2.36. The molecule has 1 atom stereocenters. The van der Waals surface area contributed by atoms with Gasteiger partial charge in [-0.25, -0.2) is 0 Å². The van der Waals surface area contributed by atoms with Crippen LogP contribution in [0.2, 0.25) is 0 Å². The van der Waals surface area contributed by atoms with Crippen LogP contribution in [0, 0.1) is 12.3 Å². The van der Waals surface area contributed by atoms with Gasteiger partial charge < -0.3 is 10.6 Å². The van der Waals surface area contributed by atoms with Gasteiger partial charge in [0.2, 0.25) is 0 Å². The molecule has 1 aliphatic rings. The summed E-state index contributed by atoms with van der Waals surface area (Å²) < 4.78 is 0. The molecule has 106 valence electrons. The van der Waals surface area contributed by atoms with E-state index in [4.69, 9.17) is 5.73 Å². The Bertz CT molecular complexity index is 396. The summed E-state index contributed by atoms with van der Waals surface area (Å²) in [6, 6.07) is 8.84. The van der Waals surface area contributed by atoms with Gasteiger partial charge in [-0.05, 0) is 56.8 Å². The molecule has 0 aliphatic carbocycles. The van der Waals surface area contributed by atoms with Crippen LogP contribution in [-0.4, -0.2) is 31.1 Å². The predicted octanol–water partition coefficient (Wildman–Crippen LogP) is 2.99. The number of aryl methyl sites for hydroxylation is 1. The van der Waals surface area contributed by atoms with E-state index in [0.29, 0.717) is 0 Å². The second kappa shape index (κ2) is 6.53. The lowest BCUT2D eigenvalue weighted by atomic mass is 9.82. The van der Waals surface area contributed by atoms with E-state index in [1.165, 1.54) is 43.5 Å². The highest BCUT2D eigenvalue weighted by Crippen LogP contribution is 2.25. The Morgan fingerprint density at radius 3 is 2.58 bits per heavy atom. The van der Waals surface area contributed by atoms with Crippen molar-refractivity contribution in [1.82, 2.24) is 4.90 Å². The number of piperidine rings is 1. The molecule has 1 heterocycles. The highest BCUT2D eigenvalue weighted by molar-refractivity contribution is 5.23. The molecular weight excluding hydrogens is 232 g/mol. The fourth-order valence-electron chi connectivity index (χ4n) is 3.16. The van der Waals surface area contributed by atoms with Gasteiger partial charge in [-0.15, -0.1) is 0 Å². The molecule has 1 aromatic rings. The van der Waals surface area contributed by atoms with Crippen molar-refractivity contribution in [3.63, 3.8) is 0 Å². The fourth-order valence-corrected chi connectivity index (χ4v) is 3.16. The molecular formula is C17H28N2. The Kier molecular flexibility index (Phi) is 5.00. The third-order valence-corrected chi connectivity index (χ3v) is 4.26. The third kappa shape index (κ3) is 4.32. The van der Waals surface area contributed by atoms with Gasteiger partial charge in [0, 0.05) is 6.54 Å². The van der Waals surface area contributed by atoms with E-state index in [0.717, 1.165) is 19.5 Å². The number of hydrogen-bond donors (Lipinski definition) is 1. The summed E-state index contributed by atoms with van der Waals surface area (Å²) in [5.74, 6) is 0. The van der Waals surface area contributed by atoms with Gasteiger partial charge in [-0.2, -0.15) is 0 Å². The molecule has 2 rings (SSSR count). The maximum Gasteiger partial charge on any atom is 0.00506 e. The molecule has 0 saturated carbocycles. The first-order valence-corrected chi connectivity index (χ1v) is 7.59. The summed E-state index contributed by atoms with van der Waals surface area (Å²) >= 11 is 0. The van der Waals surface area contributed by atoms with Crippen molar-refractivity contribution in [3.05, 3.63) is 35.4 Å². The molecule has 0 aromatic heterocycles. The largest absolute Gasteiger partial charge is 0.330 e. The van der Waals surface area contributed by atoms with E-state index < -0.39 is 0 Å². The first-order valence-electron chi connectivity index (χ1n) is 7.59. The first kappa shape index (κ1) is 14.5. The molecule has 1 fully saturated rings. The minimum atomic E-state index is 0.200.